The highest BCUT2D eigenvalue weighted by atomic mass is 16.5. The van der Waals surface area contributed by atoms with E-state index < -0.39 is 0 Å². The maximum Gasteiger partial charge on any atom is 0.334 e. The molecule has 0 atom stereocenters. The number of carbonyl (C=O) groups is 1. The van der Waals surface area contributed by atoms with E-state index >= 15 is 0 Å². The number of hydrogen-bond donors (Lipinski definition) is 1. The Labute approximate surface area is 61.1 Å². The first kappa shape index (κ1) is 9.17. The standard InChI is InChI=1S/C7H13NO2/c1-4-8-5-10-7(9)6(2)3/h8H,2,4-5H2,1,3H3. The number of carbonyl (C=O) groups excluding carboxylic acids is 1. The second-order valence-corrected chi connectivity index (χ2v) is 1.96. The van der Waals surface area contributed by atoms with Crippen molar-refractivity contribution in [1.29, 1.82) is 0 Å². The zero-order valence-electron chi connectivity index (χ0n) is 6.44. The third-order valence-electron chi connectivity index (χ3n) is 0.904. The Balaban J connectivity index is 3.31. The van der Waals surface area contributed by atoms with E-state index in [0.717, 1.165) is 6.54 Å². The average Bonchev–Trinajstić information content (AvgIpc) is 1.88. The fraction of sp³-hybridized carbons (Fsp3) is 0.571. The molecule has 1 N–H and O–H groups in total. The van der Waals surface area contributed by atoms with Crippen LogP contribution in [0.25, 0.3) is 0 Å². The molecule has 0 aliphatic carbocycles. The van der Waals surface area contributed by atoms with Crippen molar-refractivity contribution in [3.63, 3.8) is 0 Å². The lowest BCUT2D eigenvalue weighted by molar-refractivity contribution is -0.139. The molecule has 0 saturated carbocycles. The van der Waals surface area contributed by atoms with Crippen LogP contribution in [-0.4, -0.2) is 19.2 Å². The van der Waals surface area contributed by atoms with Crippen LogP contribution in [0.2, 0.25) is 0 Å². The van der Waals surface area contributed by atoms with Crippen LogP contribution < -0.4 is 5.32 Å². The van der Waals surface area contributed by atoms with Crippen LogP contribution >= 0.6 is 0 Å². The predicted molar refractivity (Wildman–Crippen MR) is 39.4 cm³/mol. The minimum atomic E-state index is -0.346. The van der Waals surface area contributed by atoms with Crippen molar-refractivity contribution in [2.24, 2.45) is 0 Å². The van der Waals surface area contributed by atoms with Crippen molar-refractivity contribution in [3.8, 4) is 0 Å². The molecule has 0 amide bonds. The molecule has 0 aliphatic rings. The van der Waals surface area contributed by atoms with Gasteiger partial charge in [0.2, 0.25) is 0 Å². The van der Waals surface area contributed by atoms with Crippen molar-refractivity contribution in [2.75, 3.05) is 13.3 Å². The SMILES string of the molecule is C=C(C)C(=O)OCNCC. The lowest BCUT2D eigenvalue weighted by Crippen LogP contribution is -2.20. The fourth-order valence-electron chi connectivity index (χ4n) is 0.342. The molecular weight excluding hydrogens is 130 g/mol. The fourth-order valence-corrected chi connectivity index (χ4v) is 0.342. The van der Waals surface area contributed by atoms with E-state index in [9.17, 15) is 4.79 Å². The summed E-state index contributed by atoms with van der Waals surface area (Å²) < 4.78 is 4.69. The van der Waals surface area contributed by atoms with Crippen LogP contribution in [0.3, 0.4) is 0 Å². The van der Waals surface area contributed by atoms with E-state index in [-0.39, 0.29) is 12.7 Å². The molecule has 0 unspecified atom stereocenters. The number of rotatable bonds is 4. The second-order valence-electron chi connectivity index (χ2n) is 1.96. The quantitative estimate of drug-likeness (QED) is 0.272. The van der Waals surface area contributed by atoms with Crippen molar-refractivity contribution in [1.82, 2.24) is 5.32 Å². The number of hydrogen-bond acceptors (Lipinski definition) is 3. The first-order valence-corrected chi connectivity index (χ1v) is 3.21. The van der Waals surface area contributed by atoms with Gasteiger partial charge in [-0.05, 0) is 13.5 Å². The molecule has 0 aromatic carbocycles. The Morgan fingerprint density at radius 2 is 2.30 bits per heavy atom. The number of esters is 1. The summed E-state index contributed by atoms with van der Waals surface area (Å²) in [6.45, 7) is 8.05. The molecule has 3 heteroatoms. The molecule has 0 fully saturated rings. The Bertz CT molecular complexity index is 132. The van der Waals surface area contributed by atoms with Gasteiger partial charge in [0, 0.05) is 5.57 Å². The third kappa shape index (κ3) is 4.09. The van der Waals surface area contributed by atoms with Crippen molar-refractivity contribution in [2.45, 2.75) is 13.8 Å². The molecule has 0 aromatic heterocycles. The molecule has 0 saturated heterocycles. The summed E-state index contributed by atoms with van der Waals surface area (Å²) in [5, 5.41) is 2.85. The van der Waals surface area contributed by atoms with Gasteiger partial charge in [0.05, 0.1) is 0 Å². The Hall–Kier alpha value is -0.830. The van der Waals surface area contributed by atoms with E-state index in [1.54, 1.807) is 6.92 Å². The Kier molecular flexibility index (Phi) is 4.58. The molecule has 58 valence electrons. The summed E-state index contributed by atoms with van der Waals surface area (Å²) in [4.78, 5) is 10.7. The van der Waals surface area contributed by atoms with Crippen LogP contribution in [0, 0.1) is 0 Å². The normalized spacial score (nSPS) is 9.00. The lowest BCUT2D eigenvalue weighted by atomic mass is 10.4. The Morgan fingerprint density at radius 1 is 1.70 bits per heavy atom. The molecule has 0 spiro atoms. The van der Waals surface area contributed by atoms with Crippen LogP contribution in [0.4, 0.5) is 0 Å². The van der Waals surface area contributed by atoms with Crippen LogP contribution in [0.15, 0.2) is 12.2 Å². The molecule has 10 heavy (non-hydrogen) atoms. The predicted octanol–water partition coefficient (Wildman–Crippen LogP) is 0.673. The monoisotopic (exact) mass is 143 g/mol. The summed E-state index contributed by atoms with van der Waals surface area (Å²) in [6.07, 6.45) is 0. The zero-order valence-corrected chi connectivity index (χ0v) is 6.44. The average molecular weight is 143 g/mol. The van der Waals surface area contributed by atoms with E-state index in [4.69, 9.17) is 4.74 Å². The topological polar surface area (TPSA) is 38.3 Å². The van der Waals surface area contributed by atoms with E-state index in [0.29, 0.717) is 5.57 Å². The second kappa shape index (κ2) is 4.99. The maximum atomic E-state index is 10.7. The van der Waals surface area contributed by atoms with Crippen LogP contribution in [0.1, 0.15) is 13.8 Å². The molecule has 0 heterocycles. The van der Waals surface area contributed by atoms with Crippen molar-refractivity contribution < 1.29 is 9.53 Å². The van der Waals surface area contributed by atoms with Gasteiger partial charge >= 0.3 is 5.97 Å². The number of ether oxygens (including phenoxy) is 1. The van der Waals surface area contributed by atoms with Gasteiger partial charge in [-0.2, -0.15) is 0 Å². The maximum absolute atomic E-state index is 10.7. The van der Waals surface area contributed by atoms with Crippen molar-refractivity contribution in [3.05, 3.63) is 12.2 Å². The van der Waals surface area contributed by atoms with Gasteiger partial charge in [0.15, 0.2) is 0 Å². The molecule has 0 aromatic rings. The molecule has 0 aliphatic heterocycles. The molecular formula is C7H13NO2. The molecule has 0 rings (SSSR count). The van der Waals surface area contributed by atoms with Crippen molar-refractivity contribution >= 4 is 5.97 Å². The van der Waals surface area contributed by atoms with Gasteiger partial charge in [-0.3, -0.25) is 5.32 Å². The minimum Gasteiger partial charge on any atom is -0.446 e. The summed E-state index contributed by atoms with van der Waals surface area (Å²) in [6, 6.07) is 0. The molecule has 0 radical (unpaired) electrons. The highest BCUT2D eigenvalue weighted by Gasteiger charge is 1.99. The van der Waals surface area contributed by atoms with E-state index in [1.807, 2.05) is 6.92 Å². The first-order chi connectivity index (χ1) is 4.68. The highest BCUT2D eigenvalue weighted by molar-refractivity contribution is 5.86. The number of nitrogens with one attached hydrogen (secondary N) is 1. The summed E-state index contributed by atoms with van der Waals surface area (Å²) in [5.41, 5.74) is 0.429. The zero-order chi connectivity index (χ0) is 7.98. The van der Waals surface area contributed by atoms with Gasteiger partial charge < -0.3 is 4.74 Å². The van der Waals surface area contributed by atoms with E-state index in [2.05, 4.69) is 11.9 Å². The third-order valence-corrected chi connectivity index (χ3v) is 0.904. The summed E-state index contributed by atoms with van der Waals surface area (Å²) in [5.74, 6) is -0.346. The largest absolute Gasteiger partial charge is 0.446 e. The van der Waals surface area contributed by atoms with Gasteiger partial charge in [-0.15, -0.1) is 0 Å². The van der Waals surface area contributed by atoms with Gasteiger partial charge in [-0.1, -0.05) is 13.5 Å². The first-order valence-electron chi connectivity index (χ1n) is 3.21. The molecule has 0 bridgehead atoms. The minimum absolute atomic E-state index is 0.266. The Morgan fingerprint density at radius 3 is 2.70 bits per heavy atom. The highest BCUT2D eigenvalue weighted by Crippen LogP contribution is 1.89. The summed E-state index contributed by atoms with van der Waals surface area (Å²) >= 11 is 0. The van der Waals surface area contributed by atoms with Gasteiger partial charge in [-0.25, -0.2) is 4.79 Å². The van der Waals surface area contributed by atoms with Crippen LogP contribution in [0.5, 0.6) is 0 Å². The van der Waals surface area contributed by atoms with Gasteiger partial charge in [0.25, 0.3) is 0 Å². The smallest absolute Gasteiger partial charge is 0.334 e. The summed E-state index contributed by atoms with van der Waals surface area (Å²) in [7, 11) is 0. The van der Waals surface area contributed by atoms with Gasteiger partial charge in [0.1, 0.15) is 6.73 Å². The van der Waals surface area contributed by atoms with Crippen LogP contribution in [-0.2, 0) is 9.53 Å². The van der Waals surface area contributed by atoms with E-state index in [1.165, 1.54) is 0 Å². The molecule has 3 nitrogen and oxygen atoms in total. The lowest BCUT2D eigenvalue weighted by Gasteiger charge is -2.02.